The van der Waals surface area contributed by atoms with Gasteiger partial charge in [0.05, 0.1) is 40.4 Å². The lowest BCUT2D eigenvalue weighted by Crippen LogP contribution is -2.54. The van der Waals surface area contributed by atoms with Crippen LogP contribution in [0.3, 0.4) is 0 Å². The molecule has 8 rings (SSSR count). The first kappa shape index (κ1) is 49.2. The molecule has 0 unspecified atom stereocenters. The number of nitrogens with one attached hydrogen (secondary N) is 1. The Labute approximate surface area is 400 Å². The van der Waals surface area contributed by atoms with Crippen LogP contribution >= 0.6 is 23.2 Å². The maximum Gasteiger partial charge on any atom is 0.416 e. The molecule has 3 aliphatic rings. The van der Waals surface area contributed by atoms with Gasteiger partial charge in [0, 0.05) is 49.8 Å². The summed E-state index contributed by atoms with van der Waals surface area (Å²) in [6.07, 6.45) is -7.61. The summed E-state index contributed by atoms with van der Waals surface area (Å²) >= 11 is 12.8. The summed E-state index contributed by atoms with van der Waals surface area (Å²) in [6.45, 7) is 2.14. The molecule has 5 aromatic carbocycles. The number of carbonyl (C=O) groups excluding carboxylic acids is 3. The predicted octanol–water partition coefficient (Wildman–Crippen LogP) is 10.2. The molecular formula is C51H50Cl2F6N4O5. The van der Waals surface area contributed by atoms with Crippen molar-refractivity contribution in [3.63, 3.8) is 0 Å². The van der Waals surface area contributed by atoms with Crippen LogP contribution in [0.1, 0.15) is 74.2 Å². The van der Waals surface area contributed by atoms with Crippen LogP contribution in [0.4, 0.5) is 26.3 Å². The fourth-order valence-corrected chi connectivity index (χ4v) is 10.2. The number of likely N-dealkylation sites (N-methyl/N-ethyl adjacent to an activating group) is 1. The average molecular weight is 984 g/mol. The van der Waals surface area contributed by atoms with Crippen molar-refractivity contribution in [2.24, 2.45) is 0 Å². The summed E-state index contributed by atoms with van der Waals surface area (Å²) in [7, 11) is 1.72. The number of amides is 3. The van der Waals surface area contributed by atoms with Gasteiger partial charge in [0.15, 0.2) is 0 Å². The second-order valence-corrected chi connectivity index (χ2v) is 18.7. The molecule has 68 heavy (non-hydrogen) atoms. The fraction of sp³-hybridized carbons (Fsp3) is 0.392. The van der Waals surface area contributed by atoms with Gasteiger partial charge < -0.3 is 29.5 Å². The highest BCUT2D eigenvalue weighted by Crippen LogP contribution is 2.48. The van der Waals surface area contributed by atoms with E-state index in [1.165, 1.54) is 10.5 Å². The Morgan fingerprint density at radius 2 is 1.50 bits per heavy atom. The minimum absolute atomic E-state index is 0.00286. The summed E-state index contributed by atoms with van der Waals surface area (Å²) in [5.74, 6) is -1.34. The first-order valence-corrected chi connectivity index (χ1v) is 23.2. The summed E-state index contributed by atoms with van der Waals surface area (Å²) < 4.78 is 95.7. The zero-order valence-electron chi connectivity index (χ0n) is 37.2. The van der Waals surface area contributed by atoms with E-state index in [4.69, 9.17) is 32.7 Å². The number of nitrogens with zero attached hydrogens (tertiary/aromatic N) is 3. The fourth-order valence-electron chi connectivity index (χ4n) is 9.90. The molecule has 0 radical (unpaired) electrons. The zero-order chi connectivity index (χ0) is 48.4. The van der Waals surface area contributed by atoms with E-state index in [0.717, 1.165) is 16.3 Å². The Kier molecular flexibility index (Phi) is 14.5. The largest absolute Gasteiger partial charge is 0.416 e. The SMILES string of the molecule is CN(CCCNC(=O)c1ccc2ccccc2c1)C(=O)CO[C@H]1Cc2ccccc2C12CCN(CC[C@@]1(c3ccc(Cl)c(Cl)c3)CN(C(=O)c3cc(C(F)(F)F)cc(C(F)(F)F)c3)CCO1)CC2. The van der Waals surface area contributed by atoms with E-state index in [9.17, 15) is 40.7 Å². The molecule has 1 spiro atoms. The number of morpholine rings is 1. The number of carbonyl (C=O) groups is 3. The third kappa shape index (κ3) is 10.7. The number of alkyl halides is 6. The average Bonchev–Trinajstić information content (AvgIpc) is 3.63. The molecule has 17 heteroatoms. The van der Waals surface area contributed by atoms with Crippen LogP contribution in [0.5, 0.6) is 0 Å². The number of rotatable bonds is 13. The monoisotopic (exact) mass is 982 g/mol. The van der Waals surface area contributed by atoms with E-state index in [1.54, 1.807) is 36.2 Å². The van der Waals surface area contributed by atoms with Crippen LogP contribution in [0, 0.1) is 0 Å². The van der Waals surface area contributed by atoms with E-state index in [0.29, 0.717) is 88.1 Å². The van der Waals surface area contributed by atoms with Crippen molar-refractivity contribution in [2.75, 3.05) is 66.1 Å². The third-order valence-electron chi connectivity index (χ3n) is 13.7. The van der Waals surface area contributed by atoms with Gasteiger partial charge in [0.1, 0.15) is 12.2 Å². The molecule has 2 atom stereocenters. The molecule has 2 heterocycles. The first-order valence-electron chi connectivity index (χ1n) is 22.5. The van der Waals surface area contributed by atoms with Crippen LogP contribution in [0.25, 0.3) is 10.8 Å². The Bertz CT molecular complexity index is 2640. The highest BCUT2D eigenvalue weighted by molar-refractivity contribution is 6.42. The van der Waals surface area contributed by atoms with Crippen molar-refractivity contribution >= 4 is 51.7 Å². The number of piperidine rings is 1. The molecule has 2 saturated heterocycles. The highest BCUT2D eigenvalue weighted by atomic mass is 35.5. The Balaban J connectivity index is 0.904. The van der Waals surface area contributed by atoms with Gasteiger partial charge in [0.2, 0.25) is 5.91 Å². The van der Waals surface area contributed by atoms with Gasteiger partial charge in [-0.3, -0.25) is 14.4 Å². The molecule has 0 saturated carbocycles. The quantitative estimate of drug-likeness (QED) is 0.0934. The minimum Gasteiger partial charge on any atom is -0.367 e. The molecule has 1 N–H and O–H groups in total. The molecule has 360 valence electrons. The van der Waals surface area contributed by atoms with E-state index >= 15 is 0 Å². The van der Waals surface area contributed by atoms with E-state index in [1.807, 2.05) is 48.5 Å². The van der Waals surface area contributed by atoms with Crippen LogP contribution in [-0.4, -0.2) is 105 Å². The van der Waals surface area contributed by atoms with Crippen LogP contribution in [0.2, 0.25) is 10.0 Å². The molecular weight excluding hydrogens is 933 g/mol. The maximum atomic E-state index is 13.9. The van der Waals surface area contributed by atoms with Crippen molar-refractivity contribution in [3.05, 3.63) is 152 Å². The van der Waals surface area contributed by atoms with Crippen molar-refractivity contribution in [1.29, 1.82) is 0 Å². The van der Waals surface area contributed by atoms with E-state index in [-0.39, 0.29) is 65.7 Å². The minimum atomic E-state index is -5.12. The number of halogens is 8. The lowest BCUT2D eigenvalue weighted by atomic mass is 9.72. The number of fused-ring (bicyclic) bond motifs is 3. The van der Waals surface area contributed by atoms with Crippen LogP contribution in [-0.2, 0) is 44.1 Å². The van der Waals surface area contributed by atoms with Crippen molar-refractivity contribution < 1.29 is 50.2 Å². The number of hydrogen-bond acceptors (Lipinski definition) is 6. The normalized spacial score (nSPS) is 19.5. The van der Waals surface area contributed by atoms with Crippen LogP contribution < -0.4 is 5.32 Å². The number of ether oxygens (including phenoxy) is 2. The van der Waals surface area contributed by atoms with Gasteiger partial charge in [-0.2, -0.15) is 26.3 Å². The van der Waals surface area contributed by atoms with Crippen molar-refractivity contribution in [1.82, 2.24) is 20.0 Å². The summed E-state index contributed by atoms with van der Waals surface area (Å²) in [5, 5.41) is 5.45. The second-order valence-electron chi connectivity index (χ2n) is 17.9. The third-order valence-corrected chi connectivity index (χ3v) is 14.4. The zero-order valence-corrected chi connectivity index (χ0v) is 38.7. The van der Waals surface area contributed by atoms with Gasteiger partial charge in [0.25, 0.3) is 11.8 Å². The van der Waals surface area contributed by atoms with E-state index in [2.05, 4.69) is 22.3 Å². The van der Waals surface area contributed by atoms with Crippen molar-refractivity contribution in [3.8, 4) is 0 Å². The number of hydrogen-bond donors (Lipinski definition) is 1. The molecule has 5 aromatic rings. The van der Waals surface area contributed by atoms with Gasteiger partial charge in [-0.1, -0.05) is 83.9 Å². The smallest absolute Gasteiger partial charge is 0.367 e. The van der Waals surface area contributed by atoms with Crippen LogP contribution in [0.15, 0.2) is 103 Å². The standard InChI is InChI=1S/C51H50Cl2F6N4O5/c1-61(19-6-18-60-46(65)36-12-11-33-7-2-3-8-34(33)25-36)45(64)31-67-44-28-35-9-4-5-10-41(35)48(44)15-20-62(21-16-48)22-17-49(38-13-14-42(52)43(53)30-38)32-63(23-24-68-49)47(66)37-26-39(50(54,55)56)29-40(27-37)51(57,58)59/h2-5,7-14,25-27,29-30,44H,6,15-24,28,31-32H2,1H3,(H,60,65)/t44-,49-/m0/s1. The number of likely N-dealkylation sites (tertiary alicyclic amines) is 1. The molecule has 2 fully saturated rings. The highest BCUT2D eigenvalue weighted by Gasteiger charge is 2.50. The molecule has 1 aliphatic carbocycles. The molecule has 0 aromatic heterocycles. The van der Waals surface area contributed by atoms with Gasteiger partial charge >= 0.3 is 12.4 Å². The maximum absolute atomic E-state index is 13.9. The second kappa shape index (κ2) is 20.0. The molecule has 2 aliphatic heterocycles. The first-order chi connectivity index (χ1) is 32.3. The molecule has 9 nitrogen and oxygen atoms in total. The van der Waals surface area contributed by atoms with Crippen molar-refractivity contribution in [2.45, 2.75) is 61.6 Å². The number of benzene rings is 5. The van der Waals surface area contributed by atoms with E-state index < -0.39 is 40.6 Å². The van der Waals surface area contributed by atoms with Gasteiger partial charge in [-0.25, -0.2) is 0 Å². The lowest BCUT2D eigenvalue weighted by Gasteiger charge is -2.46. The topological polar surface area (TPSA) is 91.4 Å². The van der Waals surface area contributed by atoms with Gasteiger partial charge in [-0.05, 0) is 115 Å². The molecule has 0 bridgehead atoms. The Hall–Kier alpha value is -5.19. The summed E-state index contributed by atoms with van der Waals surface area (Å²) in [6, 6.07) is 27.4. The summed E-state index contributed by atoms with van der Waals surface area (Å²) in [4.78, 5) is 45.2. The Morgan fingerprint density at radius 1 is 0.809 bits per heavy atom. The molecule has 3 amide bonds. The lowest BCUT2D eigenvalue weighted by molar-refractivity contribution is -0.143. The Morgan fingerprint density at radius 3 is 2.21 bits per heavy atom. The summed E-state index contributed by atoms with van der Waals surface area (Å²) in [5.41, 5.74) is -2.03. The predicted molar refractivity (Wildman–Crippen MR) is 247 cm³/mol. The van der Waals surface area contributed by atoms with Gasteiger partial charge in [-0.15, -0.1) is 0 Å².